The SMILES string of the molecule is CC(=O)O/N=C(\C)[C@@]12CCCC[C@@H]1[C@H](O)CCC2. The molecular formula is C14H23NO3. The van der Waals surface area contributed by atoms with Crippen molar-refractivity contribution in [2.24, 2.45) is 16.5 Å². The second-order valence-corrected chi connectivity index (χ2v) is 5.73. The molecule has 0 saturated heterocycles. The summed E-state index contributed by atoms with van der Waals surface area (Å²) < 4.78 is 0. The zero-order valence-corrected chi connectivity index (χ0v) is 11.3. The van der Waals surface area contributed by atoms with Gasteiger partial charge in [0, 0.05) is 12.3 Å². The van der Waals surface area contributed by atoms with E-state index in [0.29, 0.717) is 5.92 Å². The minimum Gasteiger partial charge on any atom is -0.393 e. The average Bonchev–Trinajstić information content (AvgIpc) is 2.36. The number of fused-ring (bicyclic) bond motifs is 1. The van der Waals surface area contributed by atoms with Crippen molar-refractivity contribution in [2.75, 3.05) is 0 Å². The molecule has 2 aliphatic rings. The highest BCUT2D eigenvalue weighted by molar-refractivity contribution is 5.88. The fourth-order valence-electron chi connectivity index (χ4n) is 3.82. The lowest BCUT2D eigenvalue weighted by atomic mass is 9.56. The number of hydrogen-bond acceptors (Lipinski definition) is 4. The third-order valence-corrected chi connectivity index (χ3v) is 4.72. The summed E-state index contributed by atoms with van der Waals surface area (Å²) in [6.07, 6.45) is 7.25. The van der Waals surface area contributed by atoms with E-state index in [0.717, 1.165) is 37.8 Å². The van der Waals surface area contributed by atoms with Gasteiger partial charge in [0.25, 0.3) is 0 Å². The fourth-order valence-corrected chi connectivity index (χ4v) is 3.82. The maximum absolute atomic E-state index is 10.9. The first-order chi connectivity index (χ1) is 8.56. The Kier molecular flexibility index (Phi) is 4.05. The summed E-state index contributed by atoms with van der Waals surface area (Å²) in [5, 5.41) is 14.2. The van der Waals surface area contributed by atoms with Crippen LogP contribution >= 0.6 is 0 Å². The Morgan fingerprint density at radius 1 is 1.22 bits per heavy atom. The van der Waals surface area contributed by atoms with Gasteiger partial charge in [-0.1, -0.05) is 18.0 Å². The highest BCUT2D eigenvalue weighted by atomic mass is 16.7. The summed E-state index contributed by atoms with van der Waals surface area (Å²) in [5.41, 5.74) is 0.854. The molecule has 0 aromatic heterocycles. The molecule has 3 atom stereocenters. The fraction of sp³-hybridized carbons (Fsp3) is 0.857. The van der Waals surface area contributed by atoms with E-state index in [9.17, 15) is 9.90 Å². The van der Waals surface area contributed by atoms with Crippen molar-refractivity contribution in [1.82, 2.24) is 0 Å². The van der Waals surface area contributed by atoms with Crippen LogP contribution in [0.4, 0.5) is 0 Å². The number of aliphatic hydroxyl groups excluding tert-OH is 1. The van der Waals surface area contributed by atoms with Gasteiger partial charge in [-0.15, -0.1) is 0 Å². The first-order valence-electron chi connectivity index (χ1n) is 6.97. The van der Waals surface area contributed by atoms with Crippen molar-refractivity contribution in [3.05, 3.63) is 0 Å². The van der Waals surface area contributed by atoms with Gasteiger partial charge in [0.1, 0.15) is 0 Å². The molecule has 0 aromatic rings. The Balaban J connectivity index is 2.23. The molecule has 2 rings (SSSR count). The zero-order chi connectivity index (χ0) is 13.2. The summed E-state index contributed by atoms with van der Waals surface area (Å²) in [6, 6.07) is 0. The molecule has 0 aromatic carbocycles. The lowest BCUT2D eigenvalue weighted by molar-refractivity contribution is -0.141. The van der Waals surface area contributed by atoms with Gasteiger partial charge in [0.05, 0.1) is 11.8 Å². The van der Waals surface area contributed by atoms with Crippen molar-refractivity contribution >= 4 is 11.7 Å². The molecule has 0 radical (unpaired) electrons. The van der Waals surface area contributed by atoms with Gasteiger partial charge in [-0.2, -0.15) is 0 Å². The van der Waals surface area contributed by atoms with Crippen LogP contribution in [-0.4, -0.2) is 22.9 Å². The quantitative estimate of drug-likeness (QED) is 0.467. The standard InChI is InChI=1S/C14H23NO3/c1-10(15-18-11(2)16)14-8-4-3-6-12(14)13(17)7-5-9-14/h12-13,17H,3-9H2,1-2H3/b15-10+/t12-,13-,14+/m1/s1. The van der Waals surface area contributed by atoms with Crippen LogP contribution in [0.1, 0.15) is 58.8 Å². The van der Waals surface area contributed by atoms with E-state index in [-0.39, 0.29) is 17.5 Å². The number of carbonyl (C=O) groups excluding carboxylic acids is 1. The monoisotopic (exact) mass is 253 g/mol. The van der Waals surface area contributed by atoms with Crippen molar-refractivity contribution in [3.63, 3.8) is 0 Å². The van der Waals surface area contributed by atoms with Crippen molar-refractivity contribution in [3.8, 4) is 0 Å². The Morgan fingerprint density at radius 3 is 2.67 bits per heavy atom. The lowest BCUT2D eigenvalue weighted by Crippen LogP contribution is -2.48. The minimum absolute atomic E-state index is 0.0363. The molecule has 0 unspecified atom stereocenters. The highest BCUT2D eigenvalue weighted by Gasteiger charge is 2.48. The highest BCUT2D eigenvalue weighted by Crippen LogP contribution is 2.51. The number of nitrogens with zero attached hydrogens (tertiary/aromatic N) is 1. The first kappa shape index (κ1) is 13.5. The molecular weight excluding hydrogens is 230 g/mol. The largest absolute Gasteiger partial charge is 0.393 e. The van der Waals surface area contributed by atoms with Crippen LogP contribution in [0.5, 0.6) is 0 Å². The third kappa shape index (κ3) is 2.44. The van der Waals surface area contributed by atoms with Gasteiger partial charge in [0.2, 0.25) is 0 Å². The topological polar surface area (TPSA) is 58.9 Å². The van der Waals surface area contributed by atoms with E-state index in [2.05, 4.69) is 5.16 Å². The molecule has 2 aliphatic carbocycles. The molecule has 0 bridgehead atoms. The Hall–Kier alpha value is -0.900. The molecule has 18 heavy (non-hydrogen) atoms. The van der Waals surface area contributed by atoms with E-state index < -0.39 is 0 Å². The van der Waals surface area contributed by atoms with Gasteiger partial charge < -0.3 is 9.94 Å². The van der Waals surface area contributed by atoms with Crippen LogP contribution in [0.15, 0.2) is 5.16 Å². The minimum atomic E-state index is -0.380. The van der Waals surface area contributed by atoms with Crippen LogP contribution in [0.25, 0.3) is 0 Å². The molecule has 1 N–H and O–H groups in total. The average molecular weight is 253 g/mol. The predicted octanol–water partition coefficient (Wildman–Crippen LogP) is 2.65. The van der Waals surface area contributed by atoms with E-state index in [1.165, 1.54) is 19.8 Å². The summed E-state index contributed by atoms with van der Waals surface area (Å²) in [6.45, 7) is 3.31. The van der Waals surface area contributed by atoms with Crippen LogP contribution in [0.3, 0.4) is 0 Å². The predicted molar refractivity (Wildman–Crippen MR) is 69.1 cm³/mol. The van der Waals surface area contributed by atoms with Gasteiger partial charge in [-0.25, -0.2) is 4.79 Å². The number of oxime groups is 1. The third-order valence-electron chi connectivity index (χ3n) is 4.72. The van der Waals surface area contributed by atoms with Gasteiger partial charge in [0.15, 0.2) is 0 Å². The van der Waals surface area contributed by atoms with Crippen molar-refractivity contribution < 1.29 is 14.7 Å². The van der Waals surface area contributed by atoms with E-state index in [1.54, 1.807) is 0 Å². The normalized spacial score (nSPS) is 36.9. The number of rotatable bonds is 2. The molecule has 0 aliphatic heterocycles. The molecule has 2 fully saturated rings. The molecule has 0 heterocycles. The second-order valence-electron chi connectivity index (χ2n) is 5.73. The summed E-state index contributed by atoms with van der Waals surface area (Å²) >= 11 is 0. The molecule has 4 heteroatoms. The van der Waals surface area contributed by atoms with Gasteiger partial charge in [-0.3, -0.25) is 0 Å². The summed E-state index contributed by atoms with van der Waals surface area (Å²) in [7, 11) is 0. The number of aliphatic hydroxyl groups is 1. The Morgan fingerprint density at radius 2 is 1.94 bits per heavy atom. The number of hydrogen-bond donors (Lipinski definition) is 1. The molecule has 102 valence electrons. The molecule has 0 spiro atoms. The summed E-state index contributed by atoms with van der Waals surface area (Å²) in [5.74, 6) is -0.0891. The van der Waals surface area contributed by atoms with E-state index in [1.807, 2.05) is 6.92 Å². The molecule has 2 saturated carbocycles. The molecule has 4 nitrogen and oxygen atoms in total. The smallest absolute Gasteiger partial charge is 0.331 e. The van der Waals surface area contributed by atoms with Gasteiger partial charge >= 0.3 is 5.97 Å². The molecule has 0 amide bonds. The van der Waals surface area contributed by atoms with Gasteiger partial charge in [-0.05, 0) is 44.9 Å². The van der Waals surface area contributed by atoms with E-state index in [4.69, 9.17) is 4.84 Å². The second kappa shape index (κ2) is 5.39. The number of carbonyl (C=O) groups is 1. The van der Waals surface area contributed by atoms with Crippen LogP contribution < -0.4 is 0 Å². The first-order valence-corrected chi connectivity index (χ1v) is 6.97. The van der Waals surface area contributed by atoms with Crippen molar-refractivity contribution in [1.29, 1.82) is 0 Å². The summed E-state index contributed by atoms with van der Waals surface area (Å²) in [4.78, 5) is 15.7. The van der Waals surface area contributed by atoms with Crippen LogP contribution in [0, 0.1) is 11.3 Å². The zero-order valence-electron chi connectivity index (χ0n) is 11.3. The Bertz CT molecular complexity index is 349. The lowest BCUT2D eigenvalue weighted by Gasteiger charge is -2.49. The Labute approximate surface area is 108 Å². The van der Waals surface area contributed by atoms with Crippen LogP contribution in [0.2, 0.25) is 0 Å². The van der Waals surface area contributed by atoms with Crippen LogP contribution in [-0.2, 0) is 9.63 Å². The van der Waals surface area contributed by atoms with Crippen molar-refractivity contribution in [2.45, 2.75) is 64.9 Å². The maximum Gasteiger partial charge on any atom is 0.331 e. The maximum atomic E-state index is 10.9. The van der Waals surface area contributed by atoms with E-state index >= 15 is 0 Å².